The lowest BCUT2D eigenvalue weighted by Gasteiger charge is -2.04. The van der Waals surface area contributed by atoms with Gasteiger partial charge >= 0.3 is 0 Å². The fourth-order valence-corrected chi connectivity index (χ4v) is 2.82. The molecule has 6 nitrogen and oxygen atoms in total. The molecule has 3 aromatic rings. The highest BCUT2D eigenvalue weighted by molar-refractivity contribution is 7.99. The second-order valence-corrected chi connectivity index (χ2v) is 6.85. The van der Waals surface area contributed by atoms with Gasteiger partial charge in [-0.25, -0.2) is 0 Å². The molecule has 0 atom stereocenters. The quantitative estimate of drug-likeness (QED) is 0.570. The van der Waals surface area contributed by atoms with E-state index >= 15 is 0 Å². The van der Waals surface area contributed by atoms with Crippen LogP contribution >= 0.6 is 35.0 Å². The molecule has 134 valence electrons. The standard InChI is InChI=1S/C17H13Cl2N3O3S/c18-11-4-6-14(7-5-11)24-9-16-21-22-17(25-16)26-10-15(23)20-13-3-1-2-12(19)8-13/h1-8H,9-10H2,(H,20,23). The van der Waals surface area contributed by atoms with Gasteiger partial charge < -0.3 is 14.5 Å². The van der Waals surface area contributed by atoms with E-state index in [2.05, 4.69) is 15.5 Å². The van der Waals surface area contributed by atoms with Gasteiger partial charge in [0.15, 0.2) is 6.61 Å². The molecule has 0 fully saturated rings. The van der Waals surface area contributed by atoms with Crippen molar-refractivity contribution in [3.8, 4) is 5.75 Å². The number of halogens is 2. The fraction of sp³-hybridized carbons (Fsp3) is 0.118. The molecular weight excluding hydrogens is 397 g/mol. The van der Waals surface area contributed by atoms with Crippen LogP contribution < -0.4 is 10.1 Å². The van der Waals surface area contributed by atoms with Crippen molar-refractivity contribution in [2.24, 2.45) is 0 Å². The number of nitrogens with one attached hydrogen (secondary N) is 1. The zero-order chi connectivity index (χ0) is 18.4. The summed E-state index contributed by atoms with van der Waals surface area (Å²) in [6.45, 7) is 0.129. The van der Waals surface area contributed by atoms with Crippen molar-refractivity contribution < 1.29 is 13.9 Å². The molecule has 0 bridgehead atoms. The molecule has 0 aliphatic carbocycles. The Bertz CT molecular complexity index is 887. The topological polar surface area (TPSA) is 77.2 Å². The Kier molecular flexibility index (Phi) is 6.38. The summed E-state index contributed by atoms with van der Waals surface area (Å²) in [7, 11) is 0. The summed E-state index contributed by atoms with van der Waals surface area (Å²) in [6.07, 6.45) is 0. The molecule has 3 rings (SSSR count). The van der Waals surface area contributed by atoms with Crippen molar-refractivity contribution in [3.05, 3.63) is 64.5 Å². The molecule has 2 aromatic carbocycles. The van der Waals surface area contributed by atoms with Crippen molar-refractivity contribution in [2.75, 3.05) is 11.1 Å². The van der Waals surface area contributed by atoms with Crippen LogP contribution in [-0.2, 0) is 11.4 Å². The summed E-state index contributed by atoms with van der Waals surface area (Å²) in [5, 5.41) is 12.0. The van der Waals surface area contributed by atoms with Crippen LogP contribution in [0.3, 0.4) is 0 Å². The maximum atomic E-state index is 11.9. The Hall–Kier alpha value is -2.22. The van der Waals surface area contributed by atoms with Gasteiger partial charge in [-0.15, -0.1) is 10.2 Å². The number of carbonyl (C=O) groups is 1. The summed E-state index contributed by atoms with van der Waals surface area (Å²) in [5.74, 6) is 0.890. The number of hydrogen-bond acceptors (Lipinski definition) is 6. The fourth-order valence-electron chi connectivity index (χ4n) is 1.92. The molecule has 1 N–H and O–H groups in total. The average molecular weight is 410 g/mol. The van der Waals surface area contributed by atoms with Crippen LogP contribution in [0.15, 0.2) is 58.2 Å². The van der Waals surface area contributed by atoms with Crippen LogP contribution in [0.5, 0.6) is 5.75 Å². The minimum atomic E-state index is -0.200. The molecule has 0 aliphatic heterocycles. The first-order valence-electron chi connectivity index (χ1n) is 7.47. The molecular formula is C17H13Cl2N3O3S. The molecule has 1 aromatic heterocycles. The smallest absolute Gasteiger partial charge is 0.277 e. The predicted molar refractivity (Wildman–Crippen MR) is 101 cm³/mol. The van der Waals surface area contributed by atoms with Crippen molar-refractivity contribution in [2.45, 2.75) is 11.8 Å². The van der Waals surface area contributed by atoms with Gasteiger partial charge in [-0.3, -0.25) is 4.79 Å². The van der Waals surface area contributed by atoms with E-state index in [-0.39, 0.29) is 18.3 Å². The first-order chi connectivity index (χ1) is 12.6. The van der Waals surface area contributed by atoms with E-state index in [0.29, 0.717) is 32.6 Å². The third-order valence-corrected chi connectivity index (χ3v) is 4.36. The van der Waals surface area contributed by atoms with Crippen LogP contribution in [0.2, 0.25) is 10.0 Å². The third-order valence-electron chi connectivity index (χ3n) is 3.06. The number of carbonyl (C=O) groups excluding carboxylic acids is 1. The van der Waals surface area contributed by atoms with E-state index < -0.39 is 0 Å². The molecule has 0 aliphatic rings. The maximum Gasteiger partial charge on any atom is 0.277 e. The van der Waals surface area contributed by atoms with Gasteiger partial charge in [0.1, 0.15) is 5.75 Å². The number of aromatic nitrogens is 2. The van der Waals surface area contributed by atoms with Gasteiger partial charge in [-0.1, -0.05) is 41.0 Å². The minimum absolute atomic E-state index is 0.129. The summed E-state index contributed by atoms with van der Waals surface area (Å²) < 4.78 is 11.0. The molecule has 9 heteroatoms. The maximum absolute atomic E-state index is 11.9. The van der Waals surface area contributed by atoms with E-state index in [1.807, 2.05) is 0 Å². The van der Waals surface area contributed by atoms with Gasteiger partial charge in [0, 0.05) is 15.7 Å². The highest BCUT2D eigenvalue weighted by atomic mass is 35.5. The summed E-state index contributed by atoms with van der Waals surface area (Å²) >= 11 is 12.8. The van der Waals surface area contributed by atoms with E-state index in [1.165, 1.54) is 0 Å². The second kappa shape index (κ2) is 8.93. The lowest BCUT2D eigenvalue weighted by Crippen LogP contribution is -2.13. The highest BCUT2D eigenvalue weighted by Gasteiger charge is 2.11. The van der Waals surface area contributed by atoms with Crippen LogP contribution in [0, 0.1) is 0 Å². The van der Waals surface area contributed by atoms with E-state index in [9.17, 15) is 4.79 Å². The monoisotopic (exact) mass is 409 g/mol. The van der Waals surface area contributed by atoms with Crippen LogP contribution in [-0.4, -0.2) is 21.9 Å². The number of anilines is 1. The van der Waals surface area contributed by atoms with E-state index in [1.54, 1.807) is 48.5 Å². The summed E-state index contributed by atoms with van der Waals surface area (Å²) in [5.41, 5.74) is 0.630. The largest absolute Gasteiger partial charge is 0.484 e. The Morgan fingerprint density at radius 1 is 1.12 bits per heavy atom. The molecule has 0 saturated carbocycles. The number of rotatable bonds is 7. The van der Waals surface area contributed by atoms with Crippen LogP contribution in [0.25, 0.3) is 0 Å². The Morgan fingerprint density at radius 2 is 1.92 bits per heavy atom. The number of ether oxygens (including phenoxy) is 1. The Balaban J connectivity index is 1.45. The predicted octanol–water partition coefficient (Wildman–Crippen LogP) is 4.69. The second-order valence-electron chi connectivity index (χ2n) is 5.05. The van der Waals surface area contributed by atoms with Crippen molar-refractivity contribution in [1.82, 2.24) is 10.2 Å². The lowest BCUT2D eigenvalue weighted by molar-refractivity contribution is -0.113. The normalized spacial score (nSPS) is 10.5. The Morgan fingerprint density at radius 3 is 2.69 bits per heavy atom. The van der Waals surface area contributed by atoms with E-state index in [0.717, 1.165) is 11.8 Å². The number of thioether (sulfide) groups is 1. The van der Waals surface area contributed by atoms with Crippen molar-refractivity contribution >= 4 is 46.6 Å². The van der Waals surface area contributed by atoms with Gasteiger partial charge in [0.25, 0.3) is 11.1 Å². The summed E-state index contributed by atoms with van der Waals surface area (Å²) in [6, 6.07) is 13.9. The molecule has 0 saturated heterocycles. The SMILES string of the molecule is O=C(CSc1nnc(COc2ccc(Cl)cc2)o1)Nc1cccc(Cl)c1. The lowest BCUT2D eigenvalue weighted by atomic mass is 10.3. The average Bonchev–Trinajstić information content (AvgIpc) is 3.07. The van der Waals surface area contributed by atoms with E-state index in [4.69, 9.17) is 32.4 Å². The minimum Gasteiger partial charge on any atom is -0.484 e. The molecule has 0 spiro atoms. The number of hydrogen-bond donors (Lipinski definition) is 1. The Labute approximate surface area is 163 Å². The molecule has 1 heterocycles. The molecule has 1 amide bonds. The van der Waals surface area contributed by atoms with Gasteiger partial charge in [0.2, 0.25) is 5.91 Å². The molecule has 26 heavy (non-hydrogen) atoms. The van der Waals surface area contributed by atoms with Gasteiger partial charge in [-0.05, 0) is 42.5 Å². The molecule has 0 radical (unpaired) electrons. The van der Waals surface area contributed by atoms with Gasteiger partial charge in [-0.2, -0.15) is 0 Å². The number of benzene rings is 2. The number of amides is 1. The third kappa shape index (κ3) is 5.66. The highest BCUT2D eigenvalue weighted by Crippen LogP contribution is 2.20. The number of nitrogens with zero attached hydrogens (tertiary/aromatic N) is 2. The van der Waals surface area contributed by atoms with Crippen LogP contribution in [0.4, 0.5) is 5.69 Å². The zero-order valence-corrected chi connectivity index (χ0v) is 15.6. The first kappa shape index (κ1) is 18.6. The van der Waals surface area contributed by atoms with Crippen LogP contribution in [0.1, 0.15) is 5.89 Å². The van der Waals surface area contributed by atoms with Crippen molar-refractivity contribution in [3.63, 3.8) is 0 Å². The van der Waals surface area contributed by atoms with Gasteiger partial charge in [0.05, 0.1) is 5.75 Å². The zero-order valence-electron chi connectivity index (χ0n) is 13.3. The first-order valence-corrected chi connectivity index (χ1v) is 9.21. The molecule has 0 unspecified atom stereocenters. The summed E-state index contributed by atoms with van der Waals surface area (Å²) in [4.78, 5) is 11.9. The van der Waals surface area contributed by atoms with Crippen molar-refractivity contribution in [1.29, 1.82) is 0 Å².